The van der Waals surface area contributed by atoms with Crippen molar-refractivity contribution in [2.75, 3.05) is 0 Å². The Kier molecular flexibility index (Phi) is 5.55. The molecule has 0 aromatic heterocycles. The smallest absolute Gasteiger partial charge is 0.324 e. The minimum Gasteiger partial charge on any atom is -0.459 e. The first-order chi connectivity index (χ1) is 14.9. The van der Waals surface area contributed by atoms with Crippen molar-refractivity contribution in [3.05, 3.63) is 108 Å². The van der Waals surface area contributed by atoms with E-state index in [1.807, 2.05) is 39.0 Å². The fraction of sp³-hybridized carbons (Fsp3) is 0.250. The quantitative estimate of drug-likeness (QED) is 0.409. The van der Waals surface area contributed by atoms with Crippen LogP contribution in [0.3, 0.4) is 0 Å². The molecule has 4 rings (SSSR count). The van der Waals surface area contributed by atoms with Crippen LogP contribution < -0.4 is 5.32 Å². The predicted molar refractivity (Wildman–Crippen MR) is 126 cm³/mol. The first kappa shape index (κ1) is 21.1. The van der Waals surface area contributed by atoms with E-state index in [2.05, 4.69) is 72.6 Å². The fourth-order valence-electron chi connectivity index (χ4n) is 4.49. The van der Waals surface area contributed by atoms with Crippen LogP contribution in [0.15, 0.2) is 91.5 Å². The van der Waals surface area contributed by atoms with E-state index < -0.39 is 17.2 Å². The maximum atomic E-state index is 13.2. The molecule has 1 aliphatic rings. The van der Waals surface area contributed by atoms with Crippen LogP contribution in [0.4, 0.5) is 0 Å². The summed E-state index contributed by atoms with van der Waals surface area (Å²) in [4.78, 5) is 13.2. The summed E-state index contributed by atoms with van der Waals surface area (Å²) in [5, 5.41) is 3.74. The highest BCUT2D eigenvalue weighted by molar-refractivity contribution is 5.84. The molecule has 0 radical (unpaired) electrons. The molecule has 3 heteroatoms. The number of fused-ring (bicyclic) bond motifs is 3. The van der Waals surface area contributed by atoms with Crippen molar-refractivity contribution in [3.63, 3.8) is 0 Å². The molecule has 0 heterocycles. The summed E-state index contributed by atoms with van der Waals surface area (Å²) in [6.45, 7) is 9.57. The van der Waals surface area contributed by atoms with Gasteiger partial charge in [-0.3, -0.25) is 10.1 Å². The molecule has 3 aromatic rings. The molecule has 0 spiro atoms. The van der Waals surface area contributed by atoms with Crippen molar-refractivity contribution in [3.8, 4) is 11.1 Å². The molecular formula is C28H29NO2. The third kappa shape index (κ3) is 3.82. The zero-order valence-electron chi connectivity index (χ0n) is 18.4. The Bertz CT molecular complexity index is 1050. The Morgan fingerprint density at radius 1 is 0.935 bits per heavy atom. The number of carbonyl (C=O) groups excluding carboxylic acids is 1. The third-order valence-corrected chi connectivity index (χ3v) is 5.64. The summed E-state index contributed by atoms with van der Waals surface area (Å²) in [5.74, 6) is -0.274. The van der Waals surface area contributed by atoms with Crippen molar-refractivity contribution in [2.45, 2.75) is 44.4 Å². The zero-order valence-corrected chi connectivity index (χ0v) is 18.4. The molecule has 0 amide bonds. The Hall–Kier alpha value is -3.17. The molecule has 1 atom stereocenters. The van der Waals surface area contributed by atoms with E-state index in [0.29, 0.717) is 6.42 Å². The van der Waals surface area contributed by atoms with Gasteiger partial charge in [0.25, 0.3) is 0 Å². The van der Waals surface area contributed by atoms with Gasteiger partial charge < -0.3 is 4.74 Å². The van der Waals surface area contributed by atoms with Crippen molar-refractivity contribution in [1.29, 1.82) is 0 Å². The van der Waals surface area contributed by atoms with Crippen LogP contribution >= 0.6 is 0 Å². The topological polar surface area (TPSA) is 38.3 Å². The molecule has 31 heavy (non-hydrogen) atoms. The second-order valence-electron chi connectivity index (χ2n) is 8.96. The maximum Gasteiger partial charge on any atom is 0.324 e. The largest absolute Gasteiger partial charge is 0.459 e. The van der Waals surface area contributed by atoms with Crippen LogP contribution in [0.1, 0.15) is 43.9 Å². The van der Waals surface area contributed by atoms with E-state index in [4.69, 9.17) is 4.74 Å². The number of hydrogen-bond donors (Lipinski definition) is 1. The van der Waals surface area contributed by atoms with E-state index in [1.165, 1.54) is 11.1 Å². The van der Waals surface area contributed by atoms with E-state index in [0.717, 1.165) is 16.7 Å². The lowest BCUT2D eigenvalue weighted by molar-refractivity contribution is -0.157. The monoisotopic (exact) mass is 411 g/mol. The van der Waals surface area contributed by atoms with Crippen molar-refractivity contribution in [1.82, 2.24) is 5.32 Å². The molecule has 0 bridgehead atoms. The van der Waals surface area contributed by atoms with Gasteiger partial charge in [-0.25, -0.2) is 0 Å². The molecule has 1 aliphatic carbocycles. The third-order valence-electron chi connectivity index (χ3n) is 5.64. The highest BCUT2D eigenvalue weighted by atomic mass is 16.6. The first-order valence-corrected chi connectivity index (χ1v) is 10.7. The molecule has 1 N–H and O–H groups in total. The zero-order chi connectivity index (χ0) is 22.1. The van der Waals surface area contributed by atoms with Crippen LogP contribution in [0.2, 0.25) is 0 Å². The van der Waals surface area contributed by atoms with Crippen LogP contribution in [0, 0.1) is 0 Å². The van der Waals surface area contributed by atoms with Crippen LogP contribution in [0.25, 0.3) is 11.1 Å². The highest BCUT2D eigenvalue weighted by Crippen LogP contribution is 2.51. The average molecular weight is 412 g/mol. The lowest BCUT2D eigenvalue weighted by Gasteiger charge is -2.37. The Morgan fingerprint density at radius 3 is 1.97 bits per heavy atom. The van der Waals surface area contributed by atoms with E-state index in [9.17, 15) is 4.79 Å². The van der Waals surface area contributed by atoms with Gasteiger partial charge in [0.15, 0.2) is 0 Å². The molecule has 0 aliphatic heterocycles. The van der Waals surface area contributed by atoms with Gasteiger partial charge in [-0.1, -0.05) is 84.9 Å². The molecule has 0 unspecified atom stereocenters. The molecule has 158 valence electrons. The summed E-state index contributed by atoms with van der Waals surface area (Å²) < 4.78 is 5.77. The van der Waals surface area contributed by atoms with Crippen LogP contribution in [-0.2, 0) is 15.1 Å². The van der Waals surface area contributed by atoms with Gasteiger partial charge in [-0.2, -0.15) is 0 Å². The average Bonchev–Trinajstić information content (AvgIpc) is 3.04. The number of hydrogen-bond acceptors (Lipinski definition) is 3. The number of rotatable bonds is 6. The van der Waals surface area contributed by atoms with Crippen LogP contribution in [-0.4, -0.2) is 17.6 Å². The second-order valence-corrected chi connectivity index (χ2v) is 8.96. The summed E-state index contributed by atoms with van der Waals surface area (Å²) in [6.07, 6.45) is 2.24. The van der Waals surface area contributed by atoms with Crippen molar-refractivity contribution in [2.24, 2.45) is 0 Å². The Morgan fingerprint density at radius 2 is 1.45 bits per heavy atom. The number of esters is 1. The summed E-state index contributed by atoms with van der Waals surface area (Å²) >= 11 is 0. The van der Waals surface area contributed by atoms with E-state index in [-0.39, 0.29) is 5.97 Å². The second kappa shape index (κ2) is 8.16. The Labute approximate surface area is 184 Å². The Balaban J connectivity index is 1.92. The molecule has 0 fully saturated rings. The number of carbonyl (C=O) groups is 1. The van der Waals surface area contributed by atoms with E-state index in [1.54, 1.807) is 6.08 Å². The molecule has 0 saturated carbocycles. The minimum atomic E-state index is -0.668. The van der Waals surface area contributed by atoms with Gasteiger partial charge in [0.2, 0.25) is 0 Å². The summed E-state index contributed by atoms with van der Waals surface area (Å²) in [6, 6.07) is 26.6. The van der Waals surface area contributed by atoms with E-state index >= 15 is 0 Å². The number of benzene rings is 3. The van der Waals surface area contributed by atoms with Gasteiger partial charge in [-0.15, -0.1) is 6.58 Å². The molecule has 0 saturated heterocycles. The standard InChI is InChI=1S/C28H29NO2/c1-5-13-25(26(30)31-27(2,3)4)29-28(20-14-7-6-8-15-20)23-18-11-9-16-21(23)22-17-10-12-19-24(22)28/h5-12,14-19,25,29H,1,13H2,2-4H3/t25-/m0/s1. The van der Waals surface area contributed by atoms with Crippen molar-refractivity contribution < 1.29 is 9.53 Å². The fourth-order valence-corrected chi connectivity index (χ4v) is 4.49. The normalized spacial score (nSPS) is 14.9. The van der Waals surface area contributed by atoms with Crippen LogP contribution in [0.5, 0.6) is 0 Å². The molecular weight excluding hydrogens is 382 g/mol. The summed E-state index contributed by atoms with van der Waals surface area (Å²) in [5.41, 5.74) is 4.49. The molecule has 3 aromatic carbocycles. The van der Waals surface area contributed by atoms with Gasteiger partial charge in [0.05, 0.1) is 5.54 Å². The van der Waals surface area contributed by atoms with Gasteiger partial charge in [-0.05, 0) is 55.0 Å². The molecule has 3 nitrogen and oxygen atoms in total. The predicted octanol–water partition coefficient (Wildman–Crippen LogP) is 5.83. The highest BCUT2D eigenvalue weighted by Gasteiger charge is 2.46. The SMILES string of the molecule is C=CC[C@H](NC1(c2ccccc2)c2ccccc2-c2ccccc21)C(=O)OC(C)(C)C. The van der Waals surface area contributed by atoms with Gasteiger partial charge in [0.1, 0.15) is 11.6 Å². The lowest BCUT2D eigenvalue weighted by Crippen LogP contribution is -2.52. The lowest BCUT2D eigenvalue weighted by atomic mass is 9.79. The number of nitrogens with one attached hydrogen (secondary N) is 1. The minimum absolute atomic E-state index is 0.274. The van der Waals surface area contributed by atoms with Gasteiger partial charge >= 0.3 is 5.97 Å². The van der Waals surface area contributed by atoms with Gasteiger partial charge in [0, 0.05) is 0 Å². The maximum absolute atomic E-state index is 13.2. The first-order valence-electron chi connectivity index (χ1n) is 10.7. The summed E-state index contributed by atoms with van der Waals surface area (Å²) in [7, 11) is 0. The van der Waals surface area contributed by atoms with Crippen molar-refractivity contribution >= 4 is 5.97 Å². The number of ether oxygens (including phenoxy) is 1.